The van der Waals surface area contributed by atoms with Crippen molar-refractivity contribution in [1.29, 1.82) is 0 Å². The molecule has 0 amide bonds. The highest BCUT2D eigenvalue weighted by Gasteiger charge is 2.12. The number of benzene rings is 1. The molecule has 1 atom stereocenters. The Morgan fingerprint density at radius 3 is 2.39 bits per heavy atom. The van der Waals surface area contributed by atoms with Gasteiger partial charge in [0.1, 0.15) is 5.82 Å². The Kier molecular flexibility index (Phi) is 6.30. The van der Waals surface area contributed by atoms with Crippen LogP contribution >= 0.6 is 0 Å². The first kappa shape index (κ1) is 15.1. The van der Waals surface area contributed by atoms with Gasteiger partial charge in [0.05, 0.1) is 6.10 Å². The first-order valence-corrected chi connectivity index (χ1v) is 6.61. The quantitative estimate of drug-likeness (QED) is 0.806. The van der Waals surface area contributed by atoms with Crippen molar-refractivity contribution in [3.63, 3.8) is 0 Å². The number of rotatable bonds is 7. The molecule has 0 saturated carbocycles. The maximum absolute atomic E-state index is 13.4. The average Bonchev–Trinajstić information content (AvgIpc) is 2.34. The predicted octanol–water partition coefficient (Wildman–Crippen LogP) is 3.23. The second kappa shape index (κ2) is 7.49. The lowest BCUT2D eigenvalue weighted by Gasteiger charge is -2.20. The van der Waals surface area contributed by atoms with Crippen LogP contribution in [0.4, 0.5) is 4.39 Å². The van der Waals surface area contributed by atoms with Crippen LogP contribution in [-0.2, 0) is 0 Å². The summed E-state index contributed by atoms with van der Waals surface area (Å²) < 4.78 is 13.4. The van der Waals surface area contributed by atoms with Crippen molar-refractivity contribution in [3.05, 3.63) is 35.6 Å². The number of nitrogens with zero attached hydrogens (tertiary/aromatic N) is 1. The highest BCUT2D eigenvalue weighted by Crippen LogP contribution is 2.19. The Hall–Kier alpha value is -0.930. The molecule has 0 radical (unpaired) electrons. The number of hydrogen-bond donors (Lipinski definition) is 1. The van der Waals surface area contributed by atoms with Crippen molar-refractivity contribution in [3.8, 4) is 0 Å². The van der Waals surface area contributed by atoms with Crippen LogP contribution in [-0.4, -0.2) is 30.1 Å². The van der Waals surface area contributed by atoms with Gasteiger partial charge in [-0.2, -0.15) is 0 Å². The van der Waals surface area contributed by atoms with E-state index >= 15 is 0 Å². The van der Waals surface area contributed by atoms with E-state index in [0.29, 0.717) is 17.9 Å². The van der Waals surface area contributed by atoms with Crippen molar-refractivity contribution in [2.45, 2.75) is 32.8 Å². The molecule has 0 saturated heterocycles. The van der Waals surface area contributed by atoms with Crippen LogP contribution in [0.3, 0.4) is 0 Å². The second-order valence-corrected chi connectivity index (χ2v) is 5.31. The van der Waals surface area contributed by atoms with E-state index in [0.717, 1.165) is 19.5 Å². The molecule has 1 aromatic rings. The van der Waals surface area contributed by atoms with Gasteiger partial charge < -0.3 is 10.0 Å². The van der Waals surface area contributed by atoms with Gasteiger partial charge >= 0.3 is 0 Å². The molecule has 2 nitrogen and oxygen atoms in total. The van der Waals surface area contributed by atoms with Gasteiger partial charge in [-0.15, -0.1) is 0 Å². The third-order valence-corrected chi connectivity index (χ3v) is 3.14. The fourth-order valence-corrected chi connectivity index (χ4v) is 1.83. The molecule has 3 heteroatoms. The maximum Gasteiger partial charge on any atom is 0.128 e. The number of halogens is 1. The Morgan fingerprint density at radius 1 is 1.17 bits per heavy atom. The highest BCUT2D eigenvalue weighted by atomic mass is 19.1. The van der Waals surface area contributed by atoms with E-state index in [9.17, 15) is 9.50 Å². The molecule has 0 aliphatic carbocycles. The summed E-state index contributed by atoms with van der Waals surface area (Å²) in [4.78, 5) is 2.18. The minimum atomic E-state index is -0.715. The molecule has 0 fully saturated rings. The van der Waals surface area contributed by atoms with E-state index in [-0.39, 0.29) is 5.82 Å². The second-order valence-electron chi connectivity index (χ2n) is 5.31. The molecule has 0 spiro atoms. The highest BCUT2D eigenvalue weighted by molar-refractivity contribution is 5.19. The van der Waals surface area contributed by atoms with E-state index in [1.165, 1.54) is 6.07 Å². The van der Waals surface area contributed by atoms with Crippen molar-refractivity contribution >= 4 is 0 Å². The minimum Gasteiger partial charge on any atom is -0.388 e. The molecule has 1 rings (SSSR count). The average molecular weight is 253 g/mol. The van der Waals surface area contributed by atoms with Gasteiger partial charge in [-0.05, 0) is 38.4 Å². The molecule has 1 unspecified atom stereocenters. The maximum atomic E-state index is 13.4. The van der Waals surface area contributed by atoms with E-state index in [2.05, 4.69) is 18.7 Å². The van der Waals surface area contributed by atoms with Crippen molar-refractivity contribution in [2.75, 3.05) is 20.1 Å². The molecule has 0 aliphatic heterocycles. The van der Waals surface area contributed by atoms with Crippen LogP contribution in [0.1, 0.15) is 38.4 Å². The first-order valence-electron chi connectivity index (χ1n) is 6.61. The summed E-state index contributed by atoms with van der Waals surface area (Å²) in [6.07, 6.45) is 0.995. The third-order valence-electron chi connectivity index (χ3n) is 3.14. The van der Waals surface area contributed by atoms with Crippen molar-refractivity contribution in [1.82, 2.24) is 4.90 Å². The van der Waals surface area contributed by atoms with Crippen molar-refractivity contribution < 1.29 is 9.50 Å². The Labute approximate surface area is 109 Å². The SMILES string of the molecule is CC(C)CCN(C)CCC(O)c1ccccc1F. The lowest BCUT2D eigenvalue weighted by molar-refractivity contribution is 0.144. The van der Waals surface area contributed by atoms with Crippen molar-refractivity contribution in [2.24, 2.45) is 5.92 Å². The smallest absolute Gasteiger partial charge is 0.128 e. The van der Waals surface area contributed by atoms with Crippen LogP contribution in [0.2, 0.25) is 0 Å². The van der Waals surface area contributed by atoms with Crippen LogP contribution in [0.5, 0.6) is 0 Å². The van der Waals surface area contributed by atoms with Gasteiger partial charge in [-0.3, -0.25) is 0 Å². The molecule has 1 N–H and O–H groups in total. The summed E-state index contributed by atoms with van der Waals surface area (Å²) in [7, 11) is 2.04. The van der Waals surface area contributed by atoms with E-state index in [1.807, 2.05) is 7.05 Å². The number of aliphatic hydroxyl groups excluding tert-OH is 1. The lowest BCUT2D eigenvalue weighted by atomic mass is 10.1. The van der Waals surface area contributed by atoms with Gasteiger partial charge in [0, 0.05) is 12.1 Å². The molecular weight excluding hydrogens is 229 g/mol. The zero-order chi connectivity index (χ0) is 13.5. The normalized spacial score (nSPS) is 13.3. The zero-order valence-electron chi connectivity index (χ0n) is 11.6. The summed E-state index contributed by atoms with van der Waals surface area (Å²) in [6, 6.07) is 6.43. The Balaban J connectivity index is 2.37. The van der Waals surface area contributed by atoms with E-state index in [1.54, 1.807) is 18.2 Å². The molecular formula is C15H24FNO. The standard InChI is InChI=1S/C15H24FNO/c1-12(2)8-10-17(3)11-9-15(18)13-6-4-5-7-14(13)16/h4-7,12,15,18H,8-11H2,1-3H3. The third kappa shape index (κ3) is 5.15. The monoisotopic (exact) mass is 253 g/mol. The minimum absolute atomic E-state index is 0.324. The fraction of sp³-hybridized carbons (Fsp3) is 0.600. The number of aliphatic hydroxyl groups is 1. The van der Waals surface area contributed by atoms with E-state index < -0.39 is 6.10 Å². The summed E-state index contributed by atoms with van der Waals surface area (Å²) in [5, 5.41) is 9.96. The first-order chi connectivity index (χ1) is 8.50. The molecule has 0 aromatic heterocycles. The summed E-state index contributed by atoms with van der Waals surface area (Å²) >= 11 is 0. The van der Waals surface area contributed by atoms with Gasteiger partial charge in [0.2, 0.25) is 0 Å². The zero-order valence-corrected chi connectivity index (χ0v) is 11.6. The van der Waals surface area contributed by atoms with Gasteiger partial charge in [-0.1, -0.05) is 32.0 Å². The van der Waals surface area contributed by atoms with Gasteiger partial charge in [0.25, 0.3) is 0 Å². The van der Waals surface area contributed by atoms with Crippen LogP contribution in [0.15, 0.2) is 24.3 Å². The van der Waals surface area contributed by atoms with Gasteiger partial charge in [0.15, 0.2) is 0 Å². The molecule has 0 bridgehead atoms. The topological polar surface area (TPSA) is 23.5 Å². The molecule has 102 valence electrons. The van der Waals surface area contributed by atoms with Crippen LogP contribution in [0, 0.1) is 11.7 Å². The Morgan fingerprint density at radius 2 is 1.78 bits per heavy atom. The Bertz CT molecular complexity index is 354. The fourth-order valence-electron chi connectivity index (χ4n) is 1.83. The summed E-state index contributed by atoms with van der Waals surface area (Å²) in [5.74, 6) is 0.360. The largest absolute Gasteiger partial charge is 0.388 e. The predicted molar refractivity (Wildman–Crippen MR) is 72.9 cm³/mol. The van der Waals surface area contributed by atoms with Gasteiger partial charge in [-0.25, -0.2) is 4.39 Å². The summed E-state index contributed by atoms with van der Waals surface area (Å²) in [5.41, 5.74) is 0.398. The lowest BCUT2D eigenvalue weighted by Crippen LogP contribution is -2.23. The summed E-state index contributed by atoms with van der Waals surface area (Å²) in [6.45, 7) is 6.19. The van der Waals surface area contributed by atoms with Crippen LogP contribution in [0.25, 0.3) is 0 Å². The van der Waals surface area contributed by atoms with Crippen LogP contribution < -0.4 is 0 Å². The molecule has 0 aliphatic rings. The number of hydrogen-bond acceptors (Lipinski definition) is 2. The molecule has 0 heterocycles. The molecule has 18 heavy (non-hydrogen) atoms. The van der Waals surface area contributed by atoms with E-state index in [4.69, 9.17) is 0 Å². The molecule has 1 aromatic carbocycles.